The van der Waals surface area contributed by atoms with Crippen LogP contribution in [-0.4, -0.2) is 55.4 Å². The molecule has 0 radical (unpaired) electrons. The maximum absolute atomic E-state index is 12.9. The van der Waals surface area contributed by atoms with Crippen molar-refractivity contribution >= 4 is 23.6 Å². The van der Waals surface area contributed by atoms with Crippen molar-refractivity contribution in [1.82, 2.24) is 4.90 Å². The van der Waals surface area contributed by atoms with Gasteiger partial charge in [0.2, 0.25) is 5.72 Å². The lowest BCUT2D eigenvalue weighted by Crippen LogP contribution is -2.47. The van der Waals surface area contributed by atoms with Crippen molar-refractivity contribution in [2.24, 2.45) is 0 Å². The van der Waals surface area contributed by atoms with Gasteiger partial charge in [-0.25, -0.2) is 9.59 Å². The zero-order valence-electron chi connectivity index (χ0n) is 14.1. The number of amides is 1. The summed E-state index contributed by atoms with van der Waals surface area (Å²) in [7, 11) is 2.31. The van der Waals surface area contributed by atoms with Gasteiger partial charge in [-0.2, -0.15) is 0 Å². The van der Waals surface area contributed by atoms with Crippen molar-refractivity contribution in [2.75, 3.05) is 20.8 Å². The van der Waals surface area contributed by atoms with Crippen molar-refractivity contribution < 1.29 is 33.4 Å². The van der Waals surface area contributed by atoms with Crippen LogP contribution in [0.25, 0.3) is 0 Å². The van der Waals surface area contributed by atoms with E-state index in [1.54, 1.807) is 24.3 Å². The quantitative estimate of drug-likeness (QED) is 0.702. The first-order valence-corrected chi connectivity index (χ1v) is 8.00. The number of carbonyl (C=O) groups excluding carboxylic acids is 4. The fourth-order valence-corrected chi connectivity index (χ4v) is 3.91. The molecule has 2 atom stereocenters. The third-order valence-electron chi connectivity index (χ3n) is 4.98. The van der Waals surface area contributed by atoms with Gasteiger partial charge in [0.15, 0.2) is 11.9 Å². The van der Waals surface area contributed by atoms with Gasteiger partial charge in [0.25, 0.3) is 5.91 Å². The van der Waals surface area contributed by atoms with Gasteiger partial charge in [-0.3, -0.25) is 9.59 Å². The minimum absolute atomic E-state index is 0.00108. The van der Waals surface area contributed by atoms with E-state index >= 15 is 0 Å². The molecule has 3 heterocycles. The van der Waals surface area contributed by atoms with E-state index in [0.717, 1.165) is 14.2 Å². The third-order valence-corrected chi connectivity index (χ3v) is 4.98. The Morgan fingerprint density at radius 3 is 2.54 bits per heavy atom. The first kappa shape index (κ1) is 16.5. The van der Waals surface area contributed by atoms with E-state index in [4.69, 9.17) is 14.2 Å². The topological polar surface area (TPSA) is 99.2 Å². The van der Waals surface area contributed by atoms with Crippen molar-refractivity contribution in [3.05, 3.63) is 46.5 Å². The molecule has 1 spiro atoms. The van der Waals surface area contributed by atoms with Crippen molar-refractivity contribution in [3.63, 3.8) is 0 Å². The predicted molar refractivity (Wildman–Crippen MR) is 84.7 cm³/mol. The average molecular weight is 357 g/mol. The molecule has 8 heteroatoms. The maximum atomic E-state index is 12.9. The van der Waals surface area contributed by atoms with Gasteiger partial charge in [0.05, 0.1) is 19.8 Å². The SMILES string of the molecule is COC(=O)C1=C(C(=O)OC)[C@@]23O[C@@H]1C(=O)CCN2C(=O)c1ccccc13. The summed E-state index contributed by atoms with van der Waals surface area (Å²) >= 11 is 0. The van der Waals surface area contributed by atoms with Crippen LogP contribution in [0.2, 0.25) is 0 Å². The Balaban J connectivity index is 2.09. The highest BCUT2D eigenvalue weighted by atomic mass is 16.6. The van der Waals surface area contributed by atoms with E-state index in [1.165, 1.54) is 4.90 Å². The van der Waals surface area contributed by atoms with Crippen molar-refractivity contribution in [1.29, 1.82) is 0 Å². The molecule has 4 rings (SSSR count). The Labute approximate surface area is 148 Å². The van der Waals surface area contributed by atoms with Crippen LogP contribution in [-0.2, 0) is 34.3 Å². The number of methoxy groups -OCH3 is 2. The van der Waals surface area contributed by atoms with Crippen LogP contribution in [0.4, 0.5) is 0 Å². The number of esters is 2. The molecular weight excluding hydrogens is 342 g/mol. The molecule has 0 unspecified atom stereocenters. The van der Waals surface area contributed by atoms with Crippen molar-refractivity contribution in [2.45, 2.75) is 18.2 Å². The Kier molecular flexibility index (Phi) is 3.48. The van der Waals surface area contributed by atoms with Crippen LogP contribution in [0.5, 0.6) is 0 Å². The molecular formula is C18H15NO7. The molecule has 1 fully saturated rings. The lowest BCUT2D eigenvalue weighted by atomic mass is 9.89. The first-order valence-electron chi connectivity index (χ1n) is 8.00. The summed E-state index contributed by atoms with van der Waals surface area (Å²) in [6.07, 6.45) is -1.29. The molecule has 2 bridgehead atoms. The molecule has 0 N–H and O–H groups in total. The summed E-state index contributed by atoms with van der Waals surface area (Å²) in [5.74, 6) is -2.48. The second-order valence-electron chi connectivity index (χ2n) is 6.13. The Hall–Kier alpha value is -3.00. The zero-order valence-corrected chi connectivity index (χ0v) is 14.1. The lowest BCUT2D eigenvalue weighted by Gasteiger charge is -2.35. The molecule has 3 aliphatic rings. The van der Waals surface area contributed by atoms with E-state index in [0.29, 0.717) is 11.1 Å². The zero-order chi connectivity index (χ0) is 18.6. The molecule has 1 amide bonds. The molecule has 8 nitrogen and oxygen atoms in total. The number of fused-ring (bicyclic) bond motifs is 2. The molecule has 1 aromatic carbocycles. The van der Waals surface area contributed by atoms with Crippen LogP contribution in [0.1, 0.15) is 22.3 Å². The highest BCUT2D eigenvalue weighted by Gasteiger charge is 2.65. The summed E-state index contributed by atoms with van der Waals surface area (Å²) in [5, 5.41) is 0. The second-order valence-corrected chi connectivity index (χ2v) is 6.13. The molecule has 3 aliphatic heterocycles. The molecule has 1 aromatic rings. The normalized spacial score (nSPS) is 26.4. The molecule has 0 aromatic heterocycles. The van der Waals surface area contributed by atoms with Gasteiger partial charge >= 0.3 is 11.9 Å². The number of rotatable bonds is 2. The standard InChI is InChI=1S/C18H15NO7/c1-24-16(22)12-13(17(23)25-2)18-10-6-4-3-5-9(10)15(21)19(18)8-7-11(20)14(12)26-18/h3-6,14H,7-8H2,1-2H3/t14-,18-/m1/s1. The Morgan fingerprint density at radius 1 is 1.15 bits per heavy atom. The first-order chi connectivity index (χ1) is 12.5. The number of carbonyl (C=O) groups is 4. The monoisotopic (exact) mass is 357 g/mol. The summed E-state index contributed by atoms with van der Waals surface area (Å²) in [6.45, 7) is 0.0673. The van der Waals surface area contributed by atoms with Crippen LogP contribution < -0.4 is 0 Å². The van der Waals surface area contributed by atoms with E-state index in [1.807, 2.05) is 0 Å². The smallest absolute Gasteiger partial charge is 0.339 e. The van der Waals surface area contributed by atoms with Gasteiger partial charge in [0.1, 0.15) is 5.57 Å². The van der Waals surface area contributed by atoms with E-state index in [-0.39, 0.29) is 30.0 Å². The minimum Gasteiger partial charge on any atom is -0.466 e. The molecule has 0 saturated carbocycles. The van der Waals surface area contributed by atoms with E-state index in [2.05, 4.69) is 0 Å². The average Bonchev–Trinajstić information content (AvgIpc) is 3.07. The third kappa shape index (κ3) is 1.82. The van der Waals surface area contributed by atoms with Crippen LogP contribution in [0.15, 0.2) is 35.4 Å². The maximum Gasteiger partial charge on any atom is 0.339 e. The number of hydrogen-bond donors (Lipinski definition) is 0. The van der Waals surface area contributed by atoms with E-state index < -0.39 is 29.6 Å². The number of ketones is 1. The van der Waals surface area contributed by atoms with Crippen molar-refractivity contribution in [3.8, 4) is 0 Å². The number of nitrogens with zero attached hydrogens (tertiary/aromatic N) is 1. The van der Waals surface area contributed by atoms with Gasteiger partial charge in [-0.1, -0.05) is 18.2 Å². The number of Topliss-reactive ketones (excluding diaryl/α,β-unsaturated/α-hetero) is 1. The highest BCUT2D eigenvalue weighted by Crippen LogP contribution is 2.53. The summed E-state index contributed by atoms with van der Waals surface area (Å²) < 4.78 is 15.6. The molecule has 26 heavy (non-hydrogen) atoms. The van der Waals surface area contributed by atoms with Gasteiger partial charge < -0.3 is 19.1 Å². The predicted octanol–water partition coefficient (Wildman–Crippen LogP) is 0.309. The largest absolute Gasteiger partial charge is 0.466 e. The number of ether oxygens (including phenoxy) is 3. The van der Waals surface area contributed by atoms with Crippen LogP contribution in [0, 0.1) is 0 Å². The second kappa shape index (κ2) is 5.50. The van der Waals surface area contributed by atoms with Gasteiger partial charge in [-0.15, -0.1) is 0 Å². The molecule has 0 aliphatic carbocycles. The number of hydrogen-bond acceptors (Lipinski definition) is 7. The number of benzene rings is 1. The Morgan fingerprint density at radius 2 is 1.85 bits per heavy atom. The fourth-order valence-electron chi connectivity index (χ4n) is 3.91. The minimum atomic E-state index is -1.67. The molecule has 134 valence electrons. The fraction of sp³-hybridized carbons (Fsp3) is 0.333. The summed E-state index contributed by atoms with van der Waals surface area (Å²) in [6, 6.07) is 6.65. The molecule has 1 saturated heterocycles. The highest BCUT2D eigenvalue weighted by molar-refractivity contribution is 6.12. The summed E-state index contributed by atoms with van der Waals surface area (Å²) in [4.78, 5) is 51.8. The van der Waals surface area contributed by atoms with Gasteiger partial charge in [0, 0.05) is 24.1 Å². The lowest BCUT2D eigenvalue weighted by molar-refractivity contribution is -0.151. The van der Waals surface area contributed by atoms with Crippen LogP contribution in [0.3, 0.4) is 0 Å². The summed E-state index contributed by atoms with van der Waals surface area (Å²) in [5.41, 5.74) is -1.29. The van der Waals surface area contributed by atoms with E-state index in [9.17, 15) is 19.2 Å². The van der Waals surface area contributed by atoms with Gasteiger partial charge in [-0.05, 0) is 6.07 Å². The van der Waals surface area contributed by atoms with Crippen LogP contribution >= 0.6 is 0 Å². The Bertz CT molecular complexity index is 903.